The molecule has 1 fully saturated rings. The number of aromatic nitrogens is 3. The van der Waals surface area contributed by atoms with Gasteiger partial charge in [-0.05, 0) is 56.0 Å². The summed E-state index contributed by atoms with van der Waals surface area (Å²) >= 11 is 6.24. The van der Waals surface area contributed by atoms with Gasteiger partial charge in [-0.3, -0.25) is 4.90 Å². The van der Waals surface area contributed by atoms with E-state index < -0.39 is 5.97 Å². The fourth-order valence-corrected chi connectivity index (χ4v) is 4.58. The van der Waals surface area contributed by atoms with Crippen LogP contribution in [0.1, 0.15) is 34.7 Å². The summed E-state index contributed by atoms with van der Waals surface area (Å²) in [6.45, 7) is 2.22. The highest BCUT2D eigenvalue weighted by atomic mass is 35.5. The molecule has 2 aromatic heterocycles. The number of benzene rings is 2. The Morgan fingerprint density at radius 2 is 1.81 bits per heavy atom. The maximum Gasteiger partial charge on any atom is 0.358 e. The lowest BCUT2D eigenvalue weighted by atomic mass is 9.90. The van der Waals surface area contributed by atoms with Gasteiger partial charge in [-0.25, -0.2) is 4.79 Å². The number of hydrogen-bond donors (Lipinski definition) is 1. The van der Waals surface area contributed by atoms with Crippen molar-refractivity contribution in [3.8, 4) is 11.4 Å². The number of aromatic carboxylic acids is 1. The molecule has 0 atom stereocenters. The molecule has 0 bridgehead atoms. The molecule has 32 heavy (non-hydrogen) atoms. The summed E-state index contributed by atoms with van der Waals surface area (Å²) in [6, 6.07) is 17.7. The minimum Gasteiger partial charge on any atom is -0.476 e. The molecule has 4 aromatic rings. The molecule has 0 radical (unpaired) electrons. The maximum absolute atomic E-state index is 12.0. The lowest BCUT2D eigenvalue weighted by Gasteiger charge is -2.31. The topological polar surface area (TPSA) is 83.9 Å². The van der Waals surface area contributed by atoms with E-state index in [1.165, 1.54) is 10.1 Å². The highest BCUT2D eigenvalue weighted by Gasteiger charge is 2.27. The molecule has 5 rings (SSSR count). The minimum absolute atomic E-state index is 0.0113. The van der Waals surface area contributed by atoms with Crippen molar-refractivity contribution in [2.45, 2.75) is 25.8 Å². The van der Waals surface area contributed by atoms with Crippen molar-refractivity contribution in [2.75, 3.05) is 13.1 Å². The summed E-state index contributed by atoms with van der Waals surface area (Å²) in [5.74, 6) is 0.422. The van der Waals surface area contributed by atoms with Gasteiger partial charge in [0.15, 0.2) is 17.3 Å². The Bertz CT molecular complexity index is 1240. The molecule has 1 N–H and O–H groups in total. The Kier molecular flexibility index (Phi) is 5.68. The second-order valence-electron chi connectivity index (χ2n) is 8.20. The highest BCUT2D eigenvalue weighted by molar-refractivity contribution is 6.33. The molecule has 1 saturated heterocycles. The monoisotopic (exact) mass is 450 g/mol. The number of carbonyl (C=O) groups is 1. The average Bonchev–Trinajstić information content (AvgIpc) is 3.33. The van der Waals surface area contributed by atoms with E-state index in [1.807, 2.05) is 18.2 Å². The number of fused-ring (bicyclic) bond motifs is 1. The molecule has 0 amide bonds. The molecule has 0 unspecified atom stereocenters. The fraction of sp³-hybridized carbons (Fsp3) is 0.292. The molecule has 0 aliphatic carbocycles. The maximum atomic E-state index is 12.0. The van der Waals surface area contributed by atoms with Crippen molar-refractivity contribution < 1.29 is 14.3 Å². The number of rotatable bonds is 6. The summed E-state index contributed by atoms with van der Waals surface area (Å²) < 4.78 is 7.11. The largest absolute Gasteiger partial charge is 0.476 e. The Morgan fingerprint density at radius 1 is 1.09 bits per heavy atom. The van der Waals surface area contributed by atoms with E-state index in [2.05, 4.69) is 39.2 Å². The zero-order valence-electron chi connectivity index (χ0n) is 17.4. The average molecular weight is 451 g/mol. The second-order valence-corrected chi connectivity index (χ2v) is 8.61. The third-order valence-electron chi connectivity index (χ3n) is 6.03. The zero-order valence-corrected chi connectivity index (χ0v) is 18.2. The third-order valence-corrected chi connectivity index (χ3v) is 6.36. The van der Waals surface area contributed by atoms with E-state index in [0.717, 1.165) is 32.4 Å². The fourth-order valence-electron chi connectivity index (χ4n) is 4.36. The van der Waals surface area contributed by atoms with Crippen LogP contribution in [0.5, 0.6) is 0 Å². The Labute approximate surface area is 190 Å². The molecule has 1 aliphatic heterocycles. The van der Waals surface area contributed by atoms with Gasteiger partial charge in [0.05, 0.1) is 11.6 Å². The number of hydrogen-bond acceptors (Lipinski definition) is 5. The van der Waals surface area contributed by atoms with Crippen LogP contribution in [0.4, 0.5) is 0 Å². The number of piperidine rings is 1. The number of nitrogens with zero attached hydrogens (tertiary/aromatic N) is 4. The minimum atomic E-state index is -1.09. The summed E-state index contributed by atoms with van der Waals surface area (Å²) in [4.78, 5) is 18.6. The predicted molar refractivity (Wildman–Crippen MR) is 121 cm³/mol. The molecule has 7 nitrogen and oxygen atoms in total. The van der Waals surface area contributed by atoms with Gasteiger partial charge in [0, 0.05) is 5.56 Å². The molecule has 1 aliphatic rings. The van der Waals surface area contributed by atoms with Gasteiger partial charge in [-0.1, -0.05) is 54.1 Å². The van der Waals surface area contributed by atoms with Crippen LogP contribution in [0.25, 0.3) is 17.2 Å². The van der Waals surface area contributed by atoms with E-state index in [4.69, 9.17) is 16.0 Å². The first-order valence-electron chi connectivity index (χ1n) is 10.7. The predicted octanol–water partition coefficient (Wildman–Crippen LogP) is 4.80. The van der Waals surface area contributed by atoms with Crippen molar-refractivity contribution in [3.63, 3.8) is 0 Å². The quantitative estimate of drug-likeness (QED) is 0.454. The van der Waals surface area contributed by atoms with E-state index >= 15 is 0 Å². The number of halogens is 1. The van der Waals surface area contributed by atoms with Gasteiger partial charge >= 0.3 is 11.8 Å². The molecule has 164 valence electrons. The van der Waals surface area contributed by atoms with Gasteiger partial charge in [0.2, 0.25) is 0 Å². The van der Waals surface area contributed by atoms with Crippen molar-refractivity contribution in [1.29, 1.82) is 0 Å². The van der Waals surface area contributed by atoms with Gasteiger partial charge in [-0.15, -0.1) is 5.10 Å². The summed E-state index contributed by atoms with van der Waals surface area (Å²) in [5.41, 5.74) is 2.01. The second kappa shape index (κ2) is 8.76. The molecule has 2 aromatic carbocycles. The van der Waals surface area contributed by atoms with Gasteiger partial charge in [0.25, 0.3) is 0 Å². The van der Waals surface area contributed by atoms with Crippen LogP contribution < -0.4 is 0 Å². The van der Waals surface area contributed by atoms with Gasteiger partial charge in [0.1, 0.15) is 0 Å². The van der Waals surface area contributed by atoms with Crippen LogP contribution in [0.2, 0.25) is 5.02 Å². The van der Waals surface area contributed by atoms with Crippen molar-refractivity contribution in [2.24, 2.45) is 5.92 Å². The Balaban J connectivity index is 1.31. The smallest absolute Gasteiger partial charge is 0.358 e. The van der Waals surface area contributed by atoms with Gasteiger partial charge < -0.3 is 9.52 Å². The van der Waals surface area contributed by atoms with Crippen LogP contribution in [0, 0.1) is 5.92 Å². The molecule has 3 heterocycles. The number of likely N-dealkylation sites (tertiary alicyclic amines) is 1. The van der Waals surface area contributed by atoms with Crippen molar-refractivity contribution in [1.82, 2.24) is 19.5 Å². The molecule has 0 saturated carbocycles. The van der Waals surface area contributed by atoms with Crippen LogP contribution in [-0.2, 0) is 13.0 Å². The number of carboxylic acid groups (broad SMARTS) is 1. The Hall–Kier alpha value is -3.16. The van der Waals surface area contributed by atoms with Crippen molar-refractivity contribution >= 4 is 23.4 Å². The van der Waals surface area contributed by atoms with E-state index in [0.29, 0.717) is 34.6 Å². The van der Waals surface area contributed by atoms with E-state index in [1.54, 1.807) is 12.1 Å². The van der Waals surface area contributed by atoms with Crippen molar-refractivity contribution in [3.05, 3.63) is 76.6 Å². The first-order chi connectivity index (χ1) is 15.6. The Morgan fingerprint density at radius 3 is 2.53 bits per heavy atom. The standard InChI is InChI=1S/C24H23ClN4O3/c25-19-9-5-4-8-18(19)22-26-24-29(27-22)21(23(30)31)20(32-24)15-28-12-10-17(11-13-28)14-16-6-2-1-3-7-16/h1-9,17H,10-15H2,(H,30,31). The summed E-state index contributed by atoms with van der Waals surface area (Å²) in [6.07, 6.45) is 3.23. The lowest BCUT2D eigenvalue weighted by molar-refractivity contribution is 0.0682. The molecule has 0 spiro atoms. The number of carboxylic acids is 1. The summed E-state index contributed by atoms with van der Waals surface area (Å²) in [7, 11) is 0. The lowest BCUT2D eigenvalue weighted by Crippen LogP contribution is -2.34. The summed E-state index contributed by atoms with van der Waals surface area (Å²) in [5, 5.41) is 14.7. The molecule has 8 heteroatoms. The first kappa shape index (κ1) is 20.7. The third kappa shape index (κ3) is 4.13. The van der Waals surface area contributed by atoms with Gasteiger partial charge in [-0.2, -0.15) is 9.50 Å². The normalized spacial score (nSPS) is 15.4. The van der Waals surface area contributed by atoms with E-state index in [-0.39, 0.29) is 11.5 Å². The zero-order chi connectivity index (χ0) is 22.1. The number of oxazole rings is 1. The highest BCUT2D eigenvalue weighted by Crippen LogP contribution is 2.28. The van der Waals surface area contributed by atoms with E-state index in [9.17, 15) is 9.90 Å². The van der Waals surface area contributed by atoms with Crippen LogP contribution in [0.15, 0.2) is 59.0 Å². The first-order valence-corrected chi connectivity index (χ1v) is 11.1. The van der Waals surface area contributed by atoms with Crippen LogP contribution >= 0.6 is 11.6 Å². The SMILES string of the molecule is O=C(O)c1c(CN2CCC(Cc3ccccc3)CC2)oc2nc(-c3ccccc3Cl)nn12. The molecular weight excluding hydrogens is 428 g/mol. The van der Waals surface area contributed by atoms with Crippen LogP contribution in [0.3, 0.4) is 0 Å². The van der Waals surface area contributed by atoms with Crippen LogP contribution in [-0.4, -0.2) is 43.7 Å². The molecular formula is C24H23ClN4O3.